The van der Waals surface area contributed by atoms with Gasteiger partial charge in [-0.3, -0.25) is 4.98 Å². The third-order valence-electron chi connectivity index (χ3n) is 2.60. The minimum atomic E-state index is 0.470. The summed E-state index contributed by atoms with van der Waals surface area (Å²) in [6.07, 6.45) is 6.49. The highest BCUT2D eigenvalue weighted by Gasteiger charge is 2.08. The maximum atomic E-state index is 6.02. The van der Waals surface area contributed by atoms with E-state index in [4.69, 9.17) is 11.6 Å². The lowest BCUT2D eigenvalue weighted by Crippen LogP contribution is -2.06. The van der Waals surface area contributed by atoms with Gasteiger partial charge < -0.3 is 4.57 Å². The average molecular weight is 251 g/mol. The van der Waals surface area contributed by atoms with E-state index in [0.717, 1.165) is 31.6 Å². The Labute approximate surface area is 106 Å². The van der Waals surface area contributed by atoms with Crippen LogP contribution < -0.4 is 0 Å². The van der Waals surface area contributed by atoms with Gasteiger partial charge >= 0.3 is 0 Å². The third-order valence-corrected chi connectivity index (χ3v) is 2.88. The van der Waals surface area contributed by atoms with Crippen molar-refractivity contribution in [1.82, 2.24) is 19.7 Å². The lowest BCUT2D eigenvalue weighted by molar-refractivity contribution is 0.642. The highest BCUT2D eigenvalue weighted by molar-refractivity contribution is 6.28. The highest BCUT2D eigenvalue weighted by atomic mass is 35.5. The summed E-state index contributed by atoms with van der Waals surface area (Å²) < 4.78 is 1.97. The predicted molar refractivity (Wildman–Crippen MR) is 67.0 cm³/mol. The van der Waals surface area contributed by atoms with Crippen molar-refractivity contribution in [3.63, 3.8) is 0 Å². The fourth-order valence-electron chi connectivity index (χ4n) is 1.73. The Morgan fingerprint density at radius 2 is 2.18 bits per heavy atom. The van der Waals surface area contributed by atoms with Crippen LogP contribution in [0.5, 0.6) is 0 Å². The van der Waals surface area contributed by atoms with Crippen molar-refractivity contribution in [3.8, 4) is 0 Å². The van der Waals surface area contributed by atoms with Gasteiger partial charge in [-0.05, 0) is 36.1 Å². The van der Waals surface area contributed by atoms with Crippen LogP contribution in [0.15, 0.2) is 24.5 Å². The van der Waals surface area contributed by atoms with Crippen LogP contribution in [0.2, 0.25) is 5.28 Å². The topological polar surface area (TPSA) is 43.6 Å². The molecule has 4 nitrogen and oxygen atoms in total. The quantitative estimate of drug-likeness (QED) is 0.819. The first kappa shape index (κ1) is 12.0. The molecule has 0 atom stereocenters. The van der Waals surface area contributed by atoms with Crippen LogP contribution in [0.4, 0.5) is 0 Å². The maximum absolute atomic E-state index is 6.02. The van der Waals surface area contributed by atoms with Crippen LogP contribution in [-0.2, 0) is 19.4 Å². The molecule has 0 unspecified atom stereocenters. The molecule has 0 aliphatic carbocycles. The van der Waals surface area contributed by atoms with Gasteiger partial charge in [0.1, 0.15) is 5.82 Å². The maximum Gasteiger partial charge on any atom is 0.225 e. The Kier molecular flexibility index (Phi) is 4.09. The predicted octanol–water partition coefficient (Wildman–Crippen LogP) is 2.52. The summed E-state index contributed by atoms with van der Waals surface area (Å²) in [5.74, 6) is 0.960. The fourth-order valence-corrected chi connectivity index (χ4v) is 1.95. The molecule has 0 aromatic carbocycles. The van der Waals surface area contributed by atoms with Gasteiger partial charge in [0.05, 0.1) is 0 Å². The Morgan fingerprint density at radius 1 is 1.29 bits per heavy atom. The molecule has 5 heteroatoms. The monoisotopic (exact) mass is 250 g/mol. The first-order chi connectivity index (χ1) is 8.31. The van der Waals surface area contributed by atoms with Crippen LogP contribution in [-0.4, -0.2) is 19.7 Å². The molecule has 0 fully saturated rings. The molecule has 0 aliphatic rings. The van der Waals surface area contributed by atoms with Gasteiger partial charge in [0.2, 0.25) is 5.28 Å². The van der Waals surface area contributed by atoms with E-state index in [9.17, 15) is 0 Å². The Morgan fingerprint density at radius 3 is 2.88 bits per heavy atom. The molecule has 90 valence electrons. The zero-order valence-corrected chi connectivity index (χ0v) is 10.6. The smallest absolute Gasteiger partial charge is 0.225 e. The summed E-state index contributed by atoms with van der Waals surface area (Å²) in [4.78, 5) is 4.09. The Hall–Kier alpha value is -1.42. The van der Waals surface area contributed by atoms with Gasteiger partial charge in [-0.2, -0.15) is 0 Å². The minimum absolute atomic E-state index is 0.470. The number of aromatic nitrogens is 4. The van der Waals surface area contributed by atoms with Gasteiger partial charge in [-0.1, -0.05) is 13.0 Å². The van der Waals surface area contributed by atoms with E-state index < -0.39 is 0 Å². The molecule has 0 amide bonds. The molecule has 17 heavy (non-hydrogen) atoms. The minimum Gasteiger partial charge on any atom is -0.301 e. The second kappa shape index (κ2) is 5.77. The molecule has 0 radical (unpaired) electrons. The number of halogens is 1. The molecule has 0 bridgehead atoms. The highest BCUT2D eigenvalue weighted by Crippen LogP contribution is 2.11. The SMILES string of the molecule is CCCc1nnc(Cl)n1CCc1cccnc1. The second-order valence-corrected chi connectivity index (χ2v) is 4.24. The van der Waals surface area contributed by atoms with Crippen LogP contribution in [0.25, 0.3) is 0 Å². The summed E-state index contributed by atoms with van der Waals surface area (Å²) >= 11 is 6.02. The van der Waals surface area contributed by atoms with Gasteiger partial charge in [0.25, 0.3) is 0 Å². The van der Waals surface area contributed by atoms with E-state index in [1.54, 1.807) is 6.20 Å². The van der Waals surface area contributed by atoms with E-state index in [-0.39, 0.29) is 0 Å². The molecule has 2 aromatic heterocycles. The van der Waals surface area contributed by atoms with Gasteiger partial charge in [-0.25, -0.2) is 0 Å². The molecule has 2 rings (SSSR count). The molecular weight excluding hydrogens is 236 g/mol. The second-order valence-electron chi connectivity index (χ2n) is 3.90. The molecule has 0 N–H and O–H groups in total. The fraction of sp³-hybridized carbons (Fsp3) is 0.417. The van der Waals surface area contributed by atoms with E-state index >= 15 is 0 Å². The van der Waals surface area contributed by atoms with Crippen molar-refractivity contribution < 1.29 is 0 Å². The summed E-state index contributed by atoms with van der Waals surface area (Å²) in [7, 11) is 0. The van der Waals surface area contributed by atoms with Crippen LogP contribution in [0.1, 0.15) is 24.7 Å². The molecule has 0 saturated carbocycles. The van der Waals surface area contributed by atoms with Crippen molar-refractivity contribution in [2.45, 2.75) is 32.7 Å². The van der Waals surface area contributed by atoms with Crippen molar-refractivity contribution >= 4 is 11.6 Å². The Balaban J connectivity index is 2.06. The van der Waals surface area contributed by atoms with Gasteiger partial charge in [0, 0.05) is 25.4 Å². The first-order valence-electron chi connectivity index (χ1n) is 5.77. The number of rotatable bonds is 5. The average Bonchev–Trinajstić information content (AvgIpc) is 2.70. The molecular formula is C12H15ClN4. The van der Waals surface area contributed by atoms with Crippen molar-refractivity contribution in [1.29, 1.82) is 0 Å². The molecule has 2 heterocycles. The number of nitrogens with zero attached hydrogens (tertiary/aromatic N) is 4. The van der Waals surface area contributed by atoms with E-state index in [2.05, 4.69) is 28.2 Å². The van der Waals surface area contributed by atoms with Crippen molar-refractivity contribution in [2.24, 2.45) is 0 Å². The van der Waals surface area contributed by atoms with Crippen LogP contribution >= 0.6 is 11.6 Å². The zero-order chi connectivity index (χ0) is 12.1. The van der Waals surface area contributed by atoms with Crippen LogP contribution in [0, 0.1) is 0 Å². The lowest BCUT2D eigenvalue weighted by atomic mass is 10.2. The third kappa shape index (κ3) is 3.03. The first-order valence-corrected chi connectivity index (χ1v) is 6.15. The van der Waals surface area contributed by atoms with E-state index in [0.29, 0.717) is 5.28 Å². The van der Waals surface area contributed by atoms with Gasteiger partial charge in [0.15, 0.2) is 0 Å². The number of hydrogen-bond acceptors (Lipinski definition) is 3. The molecule has 0 spiro atoms. The standard InChI is InChI=1S/C12H15ClN4/c1-2-4-11-15-16-12(13)17(11)8-6-10-5-3-7-14-9-10/h3,5,7,9H,2,4,6,8H2,1H3. The Bertz CT molecular complexity index is 467. The summed E-state index contributed by atoms with van der Waals surface area (Å²) in [5, 5.41) is 8.46. The van der Waals surface area contributed by atoms with E-state index in [1.165, 1.54) is 5.56 Å². The number of pyridine rings is 1. The van der Waals surface area contributed by atoms with Crippen molar-refractivity contribution in [2.75, 3.05) is 0 Å². The number of hydrogen-bond donors (Lipinski definition) is 0. The van der Waals surface area contributed by atoms with Crippen molar-refractivity contribution in [3.05, 3.63) is 41.2 Å². The molecule has 0 aliphatic heterocycles. The zero-order valence-electron chi connectivity index (χ0n) is 9.80. The number of aryl methyl sites for hydroxylation is 2. The lowest BCUT2D eigenvalue weighted by Gasteiger charge is -2.06. The summed E-state index contributed by atoms with van der Waals surface area (Å²) in [5.41, 5.74) is 1.19. The molecule has 2 aromatic rings. The van der Waals surface area contributed by atoms with Crippen LogP contribution in [0.3, 0.4) is 0 Å². The van der Waals surface area contributed by atoms with E-state index in [1.807, 2.05) is 16.8 Å². The normalized spacial score (nSPS) is 10.7. The molecule has 0 saturated heterocycles. The largest absolute Gasteiger partial charge is 0.301 e. The summed E-state index contributed by atoms with van der Waals surface area (Å²) in [6.45, 7) is 2.92. The summed E-state index contributed by atoms with van der Waals surface area (Å²) in [6, 6.07) is 4.00. The van der Waals surface area contributed by atoms with Gasteiger partial charge in [-0.15, -0.1) is 10.2 Å².